The number of carbonyl (C=O) groups is 1. The summed E-state index contributed by atoms with van der Waals surface area (Å²) in [7, 11) is 0. The van der Waals surface area contributed by atoms with Gasteiger partial charge < -0.3 is 10.1 Å². The molecule has 0 aromatic heterocycles. The number of ether oxygens (including phenoxy) is 1. The normalized spacial score (nSPS) is 18.0. The molecule has 1 amide bonds. The molecule has 0 aliphatic carbocycles. The smallest absolute Gasteiger partial charge is 0.225 e. The molecule has 1 atom stereocenters. The summed E-state index contributed by atoms with van der Waals surface area (Å²) in [5, 5.41) is 3.02. The molecule has 1 unspecified atom stereocenters. The number of hydrogen-bond acceptors (Lipinski definition) is 3. The van der Waals surface area contributed by atoms with Crippen molar-refractivity contribution >= 4 is 5.91 Å². The molecule has 5 heteroatoms. The lowest BCUT2D eigenvalue weighted by Crippen LogP contribution is -2.45. The lowest BCUT2D eigenvalue weighted by atomic mass is 9.95. The first kappa shape index (κ1) is 16.9. The van der Waals surface area contributed by atoms with E-state index in [1.807, 2.05) is 20.8 Å². The summed E-state index contributed by atoms with van der Waals surface area (Å²) in [4.78, 5) is 14.4. The molecule has 1 aromatic rings. The molecule has 1 aliphatic rings. The summed E-state index contributed by atoms with van der Waals surface area (Å²) in [6.07, 6.45) is 0. The SMILES string of the molecule is CC(C)(C)C(=O)NCC(c1ccc(F)cc1)N1CCOCC1. The van der Waals surface area contributed by atoms with Crippen LogP contribution >= 0.6 is 0 Å². The summed E-state index contributed by atoms with van der Waals surface area (Å²) in [6.45, 7) is 9.19. The average Bonchev–Trinajstić information content (AvgIpc) is 2.49. The van der Waals surface area contributed by atoms with Gasteiger partial charge in [0.25, 0.3) is 0 Å². The highest BCUT2D eigenvalue weighted by atomic mass is 19.1. The molecular formula is C17H25FN2O2. The minimum atomic E-state index is -0.418. The Morgan fingerprint density at radius 2 is 1.86 bits per heavy atom. The molecule has 4 nitrogen and oxygen atoms in total. The van der Waals surface area contributed by atoms with Crippen LogP contribution in [0.15, 0.2) is 24.3 Å². The van der Waals surface area contributed by atoms with Crippen molar-refractivity contribution in [2.75, 3.05) is 32.8 Å². The summed E-state index contributed by atoms with van der Waals surface area (Å²) in [5.41, 5.74) is 0.593. The Balaban J connectivity index is 2.11. The zero-order valence-corrected chi connectivity index (χ0v) is 13.6. The minimum absolute atomic E-state index is 0.0212. The Morgan fingerprint density at radius 3 is 2.41 bits per heavy atom. The third-order valence-corrected chi connectivity index (χ3v) is 3.88. The highest BCUT2D eigenvalue weighted by Gasteiger charge is 2.26. The molecule has 0 bridgehead atoms. The first-order valence-corrected chi connectivity index (χ1v) is 7.73. The molecule has 122 valence electrons. The van der Waals surface area contributed by atoms with Crippen LogP contribution in [0.5, 0.6) is 0 Å². The van der Waals surface area contributed by atoms with Gasteiger partial charge >= 0.3 is 0 Å². The number of nitrogens with one attached hydrogen (secondary N) is 1. The number of amides is 1. The van der Waals surface area contributed by atoms with Crippen molar-refractivity contribution in [2.24, 2.45) is 5.41 Å². The van der Waals surface area contributed by atoms with E-state index in [1.54, 1.807) is 12.1 Å². The van der Waals surface area contributed by atoms with Gasteiger partial charge in [-0.2, -0.15) is 0 Å². The molecule has 1 saturated heterocycles. The number of carbonyl (C=O) groups excluding carboxylic acids is 1. The molecule has 1 aromatic carbocycles. The van der Waals surface area contributed by atoms with Crippen LogP contribution in [0.2, 0.25) is 0 Å². The van der Waals surface area contributed by atoms with Crippen molar-refractivity contribution < 1.29 is 13.9 Å². The molecule has 1 N–H and O–H groups in total. The largest absolute Gasteiger partial charge is 0.379 e. The highest BCUT2D eigenvalue weighted by molar-refractivity contribution is 5.81. The van der Waals surface area contributed by atoms with Crippen molar-refractivity contribution in [3.8, 4) is 0 Å². The van der Waals surface area contributed by atoms with E-state index >= 15 is 0 Å². The molecule has 1 aliphatic heterocycles. The molecule has 2 rings (SSSR count). The third-order valence-electron chi connectivity index (χ3n) is 3.88. The minimum Gasteiger partial charge on any atom is -0.379 e. The maximum Gasteiger partial charge on any atom is 0.225 e. The monoisotopic (exact) mass is 308 g/mol. The predicted molar refractivity (Wildman–Crippen MR) is 84.0 cm³/mol. The first-order valence-electron chi connectivity index (χ1n) is 7.73. The standard InChI is InChI=1S/C17H25FN2O2/c1-17(2,3)16(21)19-12-15(20-8-10-22-11-9-20)13-4-6-14(18)7-5-13/h4-7,15H,8-12H2,1-3H3,(H,19,21). The fraction of sp³-hybridized carbons (Fsp3) is 0.588. The number of morpholine rings is 1. The van der Waals surface area contributed by atoms with E-state index in [4.69, 9.17) is 4.74 Å². The van der Waals surface area contributed by atoms with E-state index in [0.29, 0.717) is 19.8 Å². The van der Waals surface area contributed by atoms with E-state index in [0.717, 1.165) is 18.7 Å². The van der Waals surface area contributed by atoms with Gasteiger partial charge in [0.05, 0.1) is 19.3 Å². The van der Waals surface area contributed by atoms with Gasteiger partial charge in [-0.05, 0) is 17.7 Å². The molecule has 22 heavy (non-hydrogen) atoms. The molecule has 0 radical (unpaired) electrons. The van der Waals surface area contributed by atoms with Crippen LogP contribution in [-0.4, -0.2) is 43.7 Å². The van der Waals surface area contributed by atoms with E-state index in [-0.39, 0.29) is 17.8 Å². The summed E-state index contributed by atoms with van der Waals surface area (Å²) >= 11 is 0. The Morgan fingerprint density at radius 1 is 1.27 bits per heavy atom. The van der Waals surface area contributed by atoms with Gasteiger partial charge in [-0.3, -0.25) is 9.69 Å². The van der Waals surface area contributed by atoms with Gasteiger partial charge in [-0.25, -0.2) is 4.39 Å². The lowest BCUT2D eigenvalue weighted by molar-refractivity contribution is -0.128. The fourth-order valence-electron chi connectivity index (χ4n) is 2.49. The van der Waals surface area contributed by atoms with Crippen molar-refractivity contribution in [3.05, 3.63) is 35.6 Å². The van der Waals surface area contributed by atoms with Crippen LogP contribution < -0.4 is 5.32 Å². The summed E-state index contributed by atoms with van der Waals surface area (Å²) in [6, 6.07) is 6.55. The first-order chi connectivity index (χ1) is 10.4. The maximum absolute atomic E-state index is 13.2. The molecular weight excluding hydrogens is 283 g/mol. The average molecular weight is 308 g/mol. The Bertz CT molecular complexity index is 490. The van der Waals surface area contributed by atoms with Gasteiger partial charge in [0.1, 0.15) is 5.82 Å². The van der Waals surface area contributed by atoms with Crippen LogP contribution in [0.25, 0.3) is 0 Å². The molecule has 0 spiro atoms. The van der Waals surface area contributed by atoms with Crippen LogP contribution in [0.3, 0.4) is 0 Å². The second-order valence-corrected chi connectivity index (χ2v) is 6.68. The van der Waals surface area contributed by atoms with Crippen LogP contribution in [-0.2, 0) is 9.53 Å². The number of rotatable bonds is 4. The quantitative estimate of drug-likeness (QED) is 0.928. The van der Waals surface area contributed by atoms with E-state index < -0.39 is 5.41 Å². The molecule has 1 fully saturated rings. The van der Waals surface area contributed by atoms with Crippen molar-refractivity contribution in [1.29, 1.82) is 0 Å². The molecule has 1 heterocycles. The van der Waals surface area contributed by atoms with Crippen molar-refractivity contribution in [1.82, 2.24) is 10.2 Å². The summed E-state index contributed by atoms with van der Waals surface area (Å²) in [5.74, 6) is -0.226. The Kier molecular flexibility index (Phi) is 5.53. The molecule has 0 saturated carbocycles. The van der Waals surface area contributed by atoms with Crippen LogP contribution in [0.1, 0.15) is 32.4 Å². The van der Waals surface area contributed by atoms with Gasteiger partial charge in [0, 0.05) is 25.0 Å². The lowest BCUT2D eigenvalue weighted by Gasteiger charge is -2.35. The van der Waals surface area contributed by atoms with Crippen LogP contribution in [0.4, 0.5) is 4.39 Å². The topological polar surface area (TPSA) is 41.6 Å². The van der Waals surface area contributed by atoms with Gasteiger partial charge in [0.15, 0.2) is 0 Å². The number of nitrogens with zero attached hydrogens (tertiary/aromatic N) is 1. The summed E-state index contributed by atoms with van der Waals surface area (Å²) < 4.78 is 18.6. The number of benzene rings is 1. The maximum atomic E-state index is 13.2. The van der Waals surface area contributed by atoms with E-state index in [1.165, 1.54) is 12.1 Å². The zero-order chi connectivity index (χ0) is 16.2. The van der Waals surface area contributed by atoms with Crippen molar-refractivity contribution in [2.45, 2.75) is 26.8 Å². The van der Waals surface area contributed by atoms with E-state index in [2.05, 4.69) is 10.2 Å². The van der Waals surface area contributed by atoms with Gasteiger partial charge in [-0.15, -0.1) is 0 Å². The predicted octanol–water partition coefficient (Wildman–Crippen LogP) is 2.36. The number of hydrogen-bond donors (Lipinski definition) is 1. The van der Waals surface area contributed by atoms with Crippen molar-refractivity contribution in [3.63, 3.8) is 0 Å². The highest BCUT2D eigenvalue weighted by Crippen LogP contribution is 2.22. The second-order valence-electron chi connectivity index (χ2n) is 6.68. The van der Waals surface area contributed by atoms with E-state index in [9.17, 15) is 9.18 Å². The Labute approximate surface area is 131 Å². The van der Waals surface area contributed by atoms with Gasteiger partial charge in [-0.1, -0.05) is 32.9 Å². The van der Waals surface area contributed by atoms with Crippen LogP contribution in [0, 0.1) is 11.2 Å². The Hall–Kier alpha value is -1.46. The zero-order valence-electron chi connectivity index (χ0n) is 13.6. The van der Waals surface area contributed by atoms with Gasteiger partial charge in [0.2, 0.25) is 5.91 Å². The second kappa shape index (κ2) is 7.20. The fourth-order valence-corrected chi connectivity index (χ4v) is 2.49. The number of halogens is 1. The third kappa shape index (κ3) is 4.52.